The Bertz CT molecular complexity index is 556. The Hall–Kier alpha value is -1.75. The third-order valence-electron chi connectivity index (χ3n) is 3.59. The largest absolute Gasteiger partial charge is 0.390 e. The van der Waals surface area contributed by atoms with Crippen LogP contribution in [0.25, 0.3) is 0 Å². The minimum Gasteiger partial charge on any atom is -0.390 e. The summed E-state index contributed by atoms with van der Waals surface area (Å²) >= 11 is 0. The van der Waals surface area contributed by atoms with Crippen molar-refractivity contribution >= 4 is 0 Å². The molecule has 0 fully saturated rings. The molecule has 118 valence electrons. The highest BCUT2D eigenvalue weighted by Gasteiger charge is 2.23. The van der Waals surface area contributed by atoms with Crippen LogP contribution in [0.15, 0.2) is 54.6 Å². The average Bonchev–Trinajstić information content (AvgIpc) is 2.55. The first-order valence-electron chi connectivity index (χ1n) is 7.32. The van der Waals surface area contributed by atoms with E-state index in [0.29, 0.717) is 6.61 Å². The smallest absolute Gasteiger partial charge is 0.123 e. The number of hydrogen-bond donors (Lipinski definition) is 2. The van der Waals surface area contributed by atoms with Gasteiger partial charge in [-0.05, 0) is 30.2 Å². The summed E-state index contributed by atoms with van der Waals surface area (Å²) in [5, 5.41) is 20.2. The summed E-state index contributed by atoms with van der Waals surface area (Å²) in [5.74, 6) is -0.321. The number of ether oxygens (including phenoxy) is 1. The van der Waals surface area contributed by atoms with Crippen molar-refractivity contribution in [1.29, 1.82) is 0 Å². The number of benzene rings is 2. The van der Waals surface area contributed by atoms with E-state index in [1.165, 1.54) is 12.1 Å². The summed E-state index contributed by atoms with van der Waals surface area (Å²) in [4.78, 5) is 0. The molecule has 0 saturated heterocycles. The van der Waals surface area contributed by atoms with Gasteiger partial charge in [-0.15, -0.1) is 0 Å². The van der Waals surface area contributed by atoms with Crippen LogP contribution in [-0.2, 0) is 17.8 Å². The zero-order valence-electron chi connectivity index (χ0n) is 12.5. The second-order valence-corrected chi connectivity index (χ2v) is 5.39. The first-order chi connectivity index (χ1) is 10.6. The van der Waals surface area contributed by atoms with Gasteiger partial charge in [-0.3, -0.25) is 0 Å². The number of halogens is 1. The molecule has 0 heterocycles. The summed E-state index contributed by atoms with van der Waals surface area (Å²) in [6, 6.07) is 15.5. The molecular formula is C18H21FO3. The van der Waals surface area contributed by atoms with Crippen LogP contribution in [0.5, 0.6) is 0 Å². The predicted octanol–water partition coefficient (Wildman–Crippen LogP) is 2.70. The third-order valence-corrected chi connectivity index (χ3v) is 3.59. The maximum atomic E-state index is 12.8. The minimum atomic E-state index is -1.01. The van der Waals surface area contributed by atoms with Crippen LogP contribution in [0.1, 0.15) is 18.1 Å². The molecule has 22 heavy (non-hydrogen) atoms. The summed E-state index contributed by atoms with van der Waals surface area (Å²) in [6.07, 6.45) is -2.22. The van der Waals surface area contributed by atoms with Crippen LogP contribution < -0.4 is 0 Å². The molecule has 0 aliphatic heterocycles. The quantitative estimate of drug-likeness (QED) is 0.827. The lowest BCUT2D eigenvalue weighted by Gasteiger charge is -2.24. The maximum Gasteiger partial charge on any atom is 0.123 e. The van der Waals surface area contributed by atoms with Crippen LogP contribution >= 0.6 is 0 Å². The molecule has 0 spiro atoms. The first kappa shape index (κ1) is 16.6. The normalized spacial score (nSPS) is 15.3. The van der Waals surface area contributed by atoms with Crippen molar-refractivity contribution in [3.05, 3.63) is 71.5 Å². The molecule has 4 heteroatoms. The van der Waals surface area contributed by atoms with Gasteiger partial charge in [0.25, 0.3) is 0 Å². The van der Waals surface area contributed by atoms with E-state index in [1.54, 1.807) is 19.1 Å². The van der Waals surface area contributed by atoms with E-state index < -0.39 is 18.3 Å². The topological polar surface area (TPSA) is 49.7 Å². The molecular weight excluding hydrogens is 283 g/mol. The lowest BCUT2D eigenvalue weighted by Crippen LogP contribution is -2.38. The fourth-order valence-corrected chi connectivity index (χ4v) is 2.20. The van der Waals surface area contributed by atoms with Crippen molar-refractivity contribution in [2.45, 2.75) is 38.3 Å². The zero-order chi connectivity index (χ0) is 15.9. The van der Waals surface area contributed by atoms with Gasteiger partial charge in [-0.1, -0.05) is 42.5 Å². The first-order valence-corrected chi connectivity index (χ1v) is 7.32. The molecule has 0 bridgehead atoms. The van der Waals surface area contributed by atoms with E-state index in [2.05, 4.69) is 0 Å². The van der Waals surface area contributed by atoms with Crippen LogP contribution in [-0.4, -0.2) is 28.5 Å². The Balaban J connectivity index is 1.83. The second-order valence-electron chi connectivity index (χ2n) is 5.39. The predicted molar refractivity (Wildman–Crippen MR) is 82.8 cm³/mol. The summed E-state index contributed by atoms with van der Waals surface area (Å²) in [6.45, 7) is 2.10. The monoisotopic (exact) mass is 304 g/mol. The SMILES string of the molecule is CC(OCc1ccccc1)C(O)C(O)Cc1ccc(F)cc1. The number of hydrogen-bond acceptors (Lipinski definition) is 3. The highest BCUT2D eigenvalue weighted by atomic mass is 19.1. The molecule has 0 amide bonds. The van der Waals surface area contributed by atoms with Crippen molar-refractivity contribution < 1.29 is 19.3 Å². The van der Waals surface area contributed by atoms with Gasteiger partial charge in [0.15, 0.2) is 0 Å². The van der Waals surface area contributed by atoms with Gasteiger partial charge >= 0.3 is 0 Å². The molecule has 3 atom stereocenters. The highest BCUT2D eigenvalue weighted by molar-refractivity contribution is 5.17. The molecule has 2 N–H and O–H groups in total. The minimum absolute atomic E-state index is 0.250. The Labute approximate surface area is 130 Å². The van der Waals surface area contributed by atoms with Gasteiger partial charge in [0.2, 0.25) is 0 Å². The van der Waals surface area contributed by atoms with E-state index in [4.69, 9.17) is 4.74 Å². The molecule has 2 rings (SSSR count). The average molecular weight is 304 g/mol. The van der Waals surface area contributed by atoms with Gasteiger partial charge < -0.3 is 14.9 Å². The Morgan fingerprint density at radius 3 is 2.23 bits per heavy atom. The Morgan fingerprint density at radius 1 is 0.955 bits per heavy atom. The van der Waals surface area contributed by atoms with Crippen molar-refractivity contribution in [1.82, 2.24) is 0 Å². The van der Waals surface area contributed by atoms with Crippen molar-refractivity contribution in [2.75, 3.05) is 0 Å². The molecule has 0 aliphatic carbocycles. The molecule has 3 unspecified atom stereocenters. The summed E-state index contributed by atoms with van der Waals surface area (Å²) in [5.41, 5.74) is 1.78. The molecule has 3 nitrogen and oxygen atoms in total. The molecule has 0 aromatic heterocycles. The molecule has 0 saturated carbocycles. The standard InChI is InChI=1S/C18H21FO3/c1-13(22-12-15-5-3-2-4-6-15)18(21)17(20)11-14-7-9-16(19)10-8-14/h2-10,13,17-18,20-21H,11-12H2,1H3. The van der Waals surface area contributed by atoms with Gasteiger partial charge in [-0.25, -0.2) is 4.39 Å². The van der Waals surface area contributed by atoms with Crippen LogP contribution in [0, 0.1) is 5.82 Å². The van der Waals surface area contributed by atoms with Crippen LogP contribution in [0.3, 0.4) is 0 Å². The number of aliphatic hydroxyl groups is 2. The summed E-state index contributed by atoms with van der Waals surface area (Å²) < 4.78 is 18.4. The number of aliphatic hydroxyl groups excluding tert-OH is 2. The van der Waals surface area contributed by atoms with E-state index in [1.807, 2.05) is 30.3 Å². The fraction of sp³-hybridized carbons (Fsp3) is 0.333. The van der Waals surface area contributed by atoms with Crippen molar-refractivity contribution in [2.24, 2.45) is 0 Å². The van der Waals surface area contributed by atoms with Crippen LogP contribution in [0.2, 0.25) is 0 Å². The highest BCUT2D eigenvalue weighted by Crippen LogP contribution is 2.13. The molecule has 2 aromatic rings. The van der Waals surface area contributed by atoms with Crippen LogP contribution in [0.4, 0.5) is 4.39 Å². The zero-order valence-corrected chi connectivity index (χ0v) is 12.5. The second kappa shape index (κ2) is 8.03. The van der Waals surface area contributed by atoms with Crippen molar-refractivity contribution in [3.8, 4) is 0 Å². The Kier molecular flexibility index (Phi) is 6.07. The number of rotatable bonds is 7. The fourth-order valence-electron chi connectivity index (χ4n) is 2.20. The van der Waals surface area contributed by atoms with E-state index >= 15 is 0 Å². The molecule has 2 aromatic carbocycles. The van der Waals surface area contributed by atoms with Gasteiger partial charge in [-0.2, -0.15) is 0 Å². The molecule has 0 aliphatic rings. The van der Waals surface area contributed by atoms with E-state index in [9.17, 15) is 14.6 Å². The van der Waals surface area contributed by atoms with Crippen molar-refractivity contribution in [3.63, 3.8) is 0 Å². The van der Waals surface area contributed by atoms with Gasteiger partial charge in [0, 0.05) is 6.42 Å². The van der Waals surface area contributed by atoms with Gasteiger partial charge in [0.1, 0.15) is 11.9 Å². The molecule has 0 radical (unpaired) electrons. The lowest BCUT2D eigenvalue weighted by atomic mass is 10.0. The Morgan fingerprint density at radius 2 is 1.59 bits per heavy atom. The van der Waals surface area contributed by atoms with E-state index in [0.717, 1.165) is 11.1 Å². The maximum absolute atomic E-state index is 12.8. The summed E-state index contributed by atoms with van der Waals surface area (Å²) in [7, 11) is 0. The van der Waals surface area contributed by atoms with Gasteiger partial charge in [0.05, 0.1) is 18.8 Å². The lowest BCUT2D eigenvalue weighted by molar-refractivity contribution is -0.0868. The van der Waals surface area contributed by atoms with E-state index in [-0.39, 0.29) is 12.2 Å². The third kappa shape index (κ3) is 4.91.